The summed E-state index contributed by atoms with van der Waals surface area (Å²) < 4.78 is 45.7. The van der Waals surface area contributed by atoms with Gasteiger partial charge in [-0.1, -0.05) is 0 Å². The predicted molar refractivity (Wildman–Crippen MR) is 80.3 cm³/mol. The van der Waals surface area contributed by atoms with Crippen LogP contribution in [-0.2, 0) is 9.53 Å². The van der Waals surface area contributed by atoms with E-state index in [0.29, 0.717) is 6.61 Å². The van der Waals surface area contributed by atoms with E-state index in [2.05, 4.69) is 4.74 Å². The van der Waals surface area contributed by atoms with Gasteiger partial charge in [0.05, 0.1) is 12.5 Å². The Labute approximate surface area is 142 Å². The number of carbonyl (C=O) groups is 2. The molecule has 9 heteroatoms. The van der Waals surface area contributed by atoms with E-state index in [1.54, 1.807) is 0 Å². The van der Waals surface area contributed by atoms with E-state index in [1.165, 1.54) is 17.0 Å². The van der Waals surface area contributed by atoms with Crippen molar-refractivity contribution in [3.05, 3.63) is 29.8 Å². The van der Waals surface area contributed by atoms with Gasteiger partial charge >= 0.3 is 12.3 Å². The summed E-state index contributed by atoms with van der Waals surface area (Å²) in [7, 11) is 0. The van der Waals surface area contributed by atoms with Crippen LogP contribution >= 0.6 is 0 Å². The fourth-order valence-corrected chi connectivity index (χ4v) is 2.52. The third kappa shape index (κ3) is 6.26. The molecular formula is C16H18F3NO5. The van der Waals surface area contributed by atoms with E-state index in [1.807, 2.05) is 0 Å². The number of carbonyl (C=O) groups excluding carboxylic acids is 1. The van der Waals surface area contributed by atoms with E-state index in [-0.39, 0.29) is 31.2 Å². The lowest BCUT2D eigenvalue weighted by molar-refractivity contribution is -0.274. The van der Waals surface area contributed by atoms with Gasteiger partial charge in [-0.25, -0.2) is 0 Å². The highest BCUT2D eigenvalue weighted by molar-refractivity contribution is 5.94. The number of carboxylic acid groups (broad SMARTS) is 1. The SMILES string of the molecule is O=C(O)CCN(CC1CCCO1)C(=O)c1ccc(OC(F)(F)F)cc1. The zero-order valence-corrected chi connectivity index (χ0v) is 13.3. The maximum atomic E-state index is 12.6. The molecule has 0 bridgehead atoms. The van der Waals surface area contributed by atoms with Crippen molar-refractivity contribution in [2.75, 3.05) is 19.7 Å². The number of amides is 1. The zero-order chi connectivity index (χ0) is 18.4. The molecule has 1 atom stereocenters. The van der Waals surface area contributed by atoms with Gasteiger partial charge in [0, 0.05) is 25.3 Å². The number of alkyl halides is 3. The van der Waals surface area contributed by atoms with E-state index in [0.717, 1.165) is 25.0 Å². The van der Waals surface area contributed by atoms with Crippen molar-refractivity contribution in [3.63, 3.8) is 0 Å². The number of halogens is 3. The second kappa shape index (κ2) is 8.19. The first-order valence-electron chi connectivity index (χ1n) is 7.73. The summed E-state index contributed by atoms with van der Waals surface area (Å²) >= 11 is 0. The molecule has 1 saturated heterocycles. The first-order chi connectivity index (χ1) is 11.7. The van der Waals surface area contributed by atoms with Crippen molar-refractivity contribution in [3.8, 4) is 5.75 Å². The summed E-state index contributed by atoms with van der Waals surface area (Å²) in [5.41, 5.74) is 0.151. The molecular weight excluding hydrogens is 343 g/mol. The fraction of sp³-hybridized carbons (Fsp3) is 0.500. The van der Waals surface area contributed by atoms with Crippen LogP contribution in [0.3, 0.4) is 0 Å². The van der Waals surface area contributed by atoms with Crippen molar-refractivity contribution < 1.29 is 37.3 Å². The molecule has 1 amide bonds. The van der Waals surface area contributed by atoms with Crippen LogP contribution in [0.15, 0.2) is 24.3 Å². The third-order valence-electron chi connectivity index (χ3n) is 3.67. The average Bonchev–Trinajstić information content (AvgIpc) is 3.03. The Morgan fingerprint density at radius 3 is 2.48 bits per heavy atom. The maximum absolute atomic E-state index is 12.6. The average molecular weight is 361 g/mol. The molecule has 1 heterocycles. The normalized spacial score (nSPS) is 17.3. The quantitative estimate of drug-likeness (QED) is 0.808. The summed E-state index contributed by atoms with van der Waals surface area (Å²) in [5, 5.41) is 8.83. The van der Waals surface area contributed by atoms with Gasteiger partial charge in [0.15, 0.2) is 0 Å². The number of hydrogen-bond acceptors (Lipinski definition) is 4. The highest BCUT2D eigenvalue weighted by atomic mass is 19.4. The first-order valence-corrected chi connectivity index (χ1v) is 7.73. The smallest absolute Gasteiger partial charge is 0.481 e. The molecule has 0 aliphatic carbocycles. The number of nitrogens with zero attached hydrogens (tertiary/aromatic N) is 1. The fourth-order valence-electron chi connectivity index (χ4n) is 2.52. The summed E-state index contributed by atoms with van der Waals surface area (Å²) in [6, 6.07) is 4.52. The molecule has 1 aromatic rings. The Kier molecular flexibility index (Phi) is 6.24. The van der Waals surface area contributed by atoms with E-state index in [4.69, 9.17) is 9.84 Å². The second-order valence-corrected chi connectivity index (χ2v) is 5.60. The lowest BCUT2D eigenvalue weighted by atomic mass is 10.1. The minimum absolute atomic E-state index is 0.00513. The monoisotopic (exact) mass is 361 g/mol. The summed E-state index contributed by atoms with van der Waals surface area (Å²) in [6.45, 7) is 0.830. The van der Waals surface area contributed by atoms with Gasteiger partial charge in [0.2, 0.25) is 0 Å². The number of rotatable bonds is 7. The molecule has 1 aromatic carbocycles. The van der Waals surface area contributed by atoms with Crippen LogP contribution in [0.2, 0.25) is 0 Å². The van der Waals surface area contributed by atoms with Gasteiger partial charge in [-0.3, -0.25) is 9.59 Å². The standard InChI is InChI=1S/C16H18F3NO5/c17-16(18,19)25-12-5-3-11(4-6-12)15(23)20(8-7-14(21)22)10-13-2-1-9-24-13/h3-6,13H,1-2,7-10H2,(H,21,22). The number of hydrogen-bond donors (Lipinski definition) is 1. The van der Waals surface area contributed by atoms with Crippen LogP contribution in [-0.4, -0.2) is 54.0 Å². The number of ether oxygens (including phenoxy) is 2. The van der Waals surface area contributed by atoms with Crippen molar-refractivity contribution in [1.29, 1.82) is 0 Å². The Morgan fingerprint density at radius 1 is 1.28 bits per heavy atom. The van der Waals surface area contributed by atoms with Gasteiger partial charge in [-0.15, -0.1) is 13.2 Å². The molecule has 1 unspecified atom stereocenters. The molecule has 2 rings (SSSR count). The van der Waals surface area contributed by atoms with Crippen LogP contribution in [0.5, 0.6) is 5.75 Å². The Bertz CT molecular complexity index is 597. The molecule has 1 aliphatic rings. The van der Waals surface area contributed by atoms with Crippen LogP contribution < -0.4 is 4.74 Å². The molecule has 0 saturated carbocycles. The molecule has 1 N–H and O–H groups in total. The number of aliphatic carboxylic acids is 1. The van der Waals surface area contributed by atoms with Crippen molar-refractivity contribution >= 4 is 11.9 Å². The van der Waals surface area contributed by atoms with Crippen molar-refractivity contribution in [2.24, 2.45) is 0 Å². The number of benzene rings is 1. The van der Waals surface area contributed by atoms with Crippen molar-refractivity contribution in [1.82, 2.24) is 4.90 Å². The molecule has 0 radical (unpaired) electrons. The molecule has 1 aliphatic heterocycles. The predicted octanol–water partition coefficient (Wildman–Crippen LogP) is 2.68. The van der Waals surface area contributed by atoms with Crippen LogP contribution in [0, 0.1) is 0 Å². The van der Waals surface area contributed by atoms with Crippen LogP contribution in [0.4, 0.5) is 13.2 Å². The lowest BCUT2D eigenvalue weighted by Gasteiger charge is -2.25. The third-order valence-corrected chi connectivity index (χ3v) is 3.67. The molecule has 25 heavy (non-hydrogen) atoms. The Hall–Kier alpha value is -2.29. The molecule has 6 nitrogen and oxygen atoms in total. The minimum atomic E-state index is -4.81. The first kappa shape index (κ1) is 19.0. The summed E-state index contributed by atoms with van der Waals surface area (Å²) in [6.07, 6.45) is -3.55. The highest BCUT2D eigenvalue weighted by Crippen LogP contribution is 2.23. The summed E-state index contributed by atoms with van der Waals surface area (Å²) in [4.78, 5) is 24.7. The summed E-state index contributed by atoms with van der Waals surface area (Å²) in [5.74, 6) is -1.94. The van der Waals surface area contributed by atoms with Crippen LogP contribution in [0.1, 0.15) is 29.6 Å². The van der Waals surface area contributed by atoms with Gasteiger partial charge in [0.25, 0.3) is 5.91 Å². The largest absolute Gasteiger partial charge is 0.573 e. The maximum Gasteiger partial charge on any atom is 0.573 e. The van der Waals surface area contributed by atoms with E-state index in [9.17, 15) is 22.8 Å². The number of carboxylic acids is 1. The zero-order valence-electron chi connectivity index (χ0n) is 13.3. The highest BCUT2D eigenvalue weighted by Gasteiger charge is 2.31. The Morgan fingerprint density at radius 2 is 1.96 bits per heavy atom. The second-order valence-electron chi connectivity index (χ2n) is 5.60. The molecule has 1 fully saturated rings. The lowest BCUT2D eigenvalue weighted by Crippen LogP contribution is -2.38. The molecule has 138 valence electrons. The van der Waals surface area contributed by atoms with Gasteiger partial charge in [0.1, 0.15) is 5.75 Å². The van der Waals surface area contributed by atoms with Crippen LogP contribution in [0.25, 0.3) is 0 Å². The Balaban J connectivity index is 2.06. The van der Waals surface area contributed by atoms with Gasteiger partial charge < -0.3 is 19.5 Å². The molecule has 0 spiro atoms. The topological polar surface area (TPSA) is 76.1 Å². The molecule has 0 aromatic heterocycles. The minimum Gasteiger partial charge on any atom is -0.481 e. The van der Waals surface area contributed by atoms with E-state index >= 15 is 0 Å². The van der Waals surface area contributed by atoms with E-state index < -0.39 is 24.0 Å². The van der Waals surface area contributed by atoms with Gasteiger partial charge in [-0.05, 0) is 37.1 Å². The van der Waals surface area contributed by atoms with Crippen molar-refractivity contribution in [2.45, 2.75) is 31.7 Å². The van der Waals surface area contributed by atoms with Gasteiger partial charge in [-0.2, -0.15) is 0 Å².